The molecular formula is C8H9F2NO. The van der Waals surface area contributed by atoms with Gasteiger partial charge in [-0.25, -0.2) is 8.78 Å². The number of aromatic nitrogens is 1. The standard InChI is InChI=1S/C8H9F2NO/c1-6-2-3-7(4-11-6)12-5-8(9)10/h2-4,8H,5H2,1H3. The van der Waals surface area contributed by atoms with Crippen molar-refractivity contribution in [1.82, 2.24) is 4.98 Å². The Morgan fingerprint density at radius 3 is 2.75 bits per heavy atom. The lowest BCUT2D eigenvalue weighted by molar-refractivity contribution is 0.0817. The van der Waals surface area contributed by atoms with Crippen LogP contribution < -0.4 is 4.74 Å². The van der Waals surface area contributed by atoms with E-state index in [9.17, 15) is 8.78 Å². The molecule has 1 aromatic heterocycles. The second kappa shape index (κ2) is 3.99. The highest BCUT2D eigenvalue weighted by Crippen LogP contribution is 2.09. The Morgan fingerprint density at radius 1 is 1.50 bits per heavy atom. The molecule has 12 heavy (non-hydrogen) atoms. The molecule has 0 amide bonds. The molecule has 0 aliphatic rings. The van der Waals surface area contributed by atoms with Crippen LogP contribution in [0.1, 0.15) is 5.69 Å². The summed E-state index contributed by atoms with van der Waals surface area (Å²) in [6, 6.07) is 3.32. The average molecular weight is 173 g/mol. The fourth-order valence-corrected chi connectivity index (χ4v) is 0.699. The lowest BCUT2D eigenvalue weighted by Crippen LogP contribution is -2.06. The van der Waals surface area contributed by atoms with Crippen molar-refractivity contribution >= 4 is 0 Å². The fraction of sp³-hybridized carbons (Fsp3) is 0.375. The molecule has 0 unspecified atom stereocenters. The van der Waals surface area contributed by atoms with E-state index >= 15 is 0 Å². The van der Waals surface area contributed by atoms with E-state index in [1.165, 1.54) is 6.20 Å². The zero-order valence-corrected chi connectivity index (χ0v) is 6.63. The Morgan fingerprint density at radius 2 is 2.25 bits per heavy atom. The lowest BCUT2D eigenvalue weighted by Gasteiger charge is -2.03. The maximum atomic E-state index is 11.7. The van der Waals surface area contributed by atoms with E-state index < -0.39 is 13.0 Å². The molecule has 0 aliphatic carbocycles. The highest BCUT2D eigenvalue weighted by atomic mass is 19.3. The second-order valence-corrected chi connectivity index (χ2v) is 2.34. The molecule has 66 valence electrons. The lowest BCUT2D eigenvalue weighted by atomic mass is 10.4. The van der Waals surface area contributed by atoms with Crippen LogP contribution in [0.2, 0.25) is 0 Å². The summed E-state index contributed by atoms with van der Waals surface area (Å²) >= 11 is 0. The third-order valence-electron chi connectivity index (χ3n) is 1.26. The van der Waals surface area contributed by atoms with Gasteiger partial charge in [-0.15, -0.1) is 0 Å². The highest BCUT2D eigenvalue weighted by molar-refractivity contribution is 5.18. The van der Waals surface area contributed by atoms with Crippen molar-refractivity contribution in [3.8, 4) is 5.75 Å². The summed E-state index contributed by atoms with van der Waals surface area (Å²) in [7, 11) is 0. The Labute approximate surface area is 69.2 Å². The molecule has 1 heterocycles. The van der Waals surface area contributed by atoms with Crippen molar-refractivity contribution in [3.63, 3.8) is 0 Å². The van der Waals surface area contributed by atoms with Crippen LogP contribution in [-0.2, 0) is 0 Å². The number of ether oxygens (including phenoxy) is 1. The van der Waals surface area contributed by atoms with Gasteiger partial charge >= 0.3 is 0 Å². The van der Waals surface area contributed by atoms with Gasteiger partial charge in [0, 0.05) is 5.69 Å². The van der Waals surface area contributed by atoms with Gasteiger partial charge in [0.15, 0.2) is 0 Å². The number of rotatable bonds is 3. The van der Waals surface area contributed by atoms with Crippen LogP contribution in [0.15, 0.2) is 18.3 Å². The molecule has 0 aromatic carbocycles. The molecule has 1 aromatic rings. The smallest absolute Gasteiger partial charge is 0.272 e. The van der Waals surface area contributed by atoms with E-state index in [2.05, 4.69) is 4.98 Å². The monoisotopic (exact) mass is 173 g/mol. The van der Waals surface area contributed by atoms with E-state index in [-0.39, 0.29) is 0 Å². The minimum Gasteiger partial charge on any atom is -0.486 e. The Bertz CT molecular complexity index is 235. The van der Waals surface area contributed by atoms with Gasteiger partial charge in [-0.1, -0.05) is 0 Å². The average Bonchev–Trinajstić information content (AvgIpc) is 2.03. The summed E-state index contributed by atoms with van der Waals surface area (Å²) in [6.45, 7) is 1.24. The summed E-state index contributed by atoms with van der Waals surface area (Å²) in [5.41, 5.74) is 0.833. The summed E-state index contributed by atoms with van der Waals surface area (Å²) in [4.78, 5) is 3.89. The van der Waals surface area contributed by atoms with Gasteiger partial charge in [-0.2, -0.15) is 0 Å². The zero-order valence-electron chi connectivity index (χ0n) is 6.63. The summed E-state index contributed by atoms with van der Waals surface area (Å²) < 4.78 is 28.0. The van der Waals surface area contributed by atoms with Crippen LogP contribution in [0.3, 0.4) is 0 Å². The molecule has 0 fully saturated rings. The Hall–Kier alpha value is -1.19. The number of halogens is 2. The minimum absolute atomic E-state index is 0.376. The molecule has 0 bridgehead atoms. The number of hydrogen-bond acceptors (Lipinski definition) is 2. The molecule has 4 heteroatoms. The number of aryl methyl sites for hydroxylation is 1. The second-order valence-electron chi connectivity index (χ2n) is 2.34. The van der Waals surface area contributed by atoms with Crippen LogP contribution in [0.5, 0.6) is 5.75 Å². The number of pyridine rings is 1. The Balaban J connectivity index is 2.48. The van der Waals surface area contributed by atoms with E-state index in [0.717, 1.165) is 5.69 Å². The van der Waals surface area contributed by atoms with Crippen LogP contribution >= 0.6 is 0 Å². The van der Waals surface area contributed by atoms with Crippen LogP contribution in [-0.4, -0.2) is 18.0 Å². The minimum atomic E-state index is -2.44. The summed E-state index contributed by atoms with van der Waals surface area (Å²) in [5.74, 6) is 0.376. The van der Waals surface area contributed by atoms with Gasteiger partial charge in [0.2, 0.25) is 0 Å². The van der Waals surface area contributed by atoms with Crippen molar-refractivity contribution in [2.45, 2.75) is 13.3 Å². The molecule has 1 rings (SSSR count). The van der Waals surface area contributed by atoms with Crippen molar-refractivity contribution in [2.24, 2.45) is 0 Å². The first-order valence-electron chi connectivity index (χ1n) is 3.52. The molecule has 0 saturated carbocycles. The molecule has 0 spiro atoms. The number of nitrogens with zero attached hydrogens (tertiary/aromatic N) is 1. The third kappa shape index (κ3) is 2.82. The van der Waals surface area contributed by atoms with E-state index in [0.29, 0.717) is 5.75 Å². The van der Waals surface area contributed by atoms with Crippen molar-refractivity contribution in [2.75, 3.05) is 6.61 Å². The van der Waals surface area contributed by atoms with Gasteiger partial charge in [-0.05, 0) is 19.1 Å². The van der Waals surface area contributed by atoms with E-state index in [1.807, 2.05) is 6.92 Å². The Kier molecular flexibility index (Phi) is 2.96. The third-order valence-corrected chi connectivity index (χ3v) is 1.26. The van der Waals surface area contributed by atoms with Crippen LogP contribution in [0, 0.1) is 6.92 Å². The first-order chi connectivity index (χ1) is 5.68. The zero-order chi connectivity index (χ0) is 8.97. The SMILES string of the molecule is Cc1ccc(OCC(F)F)cn1. The van der Waals surface area contributed by atoms with Gasteiger partial charge in [0.25, 0.3) is 6.43 Å². The van der Waals surface area contributed by atoms with Crippen LogP contribution in [0.25, 0.3) is 0 Å². The topological polar surface area (TPSA) is 22.1 Å². The fourth-order valence-electron chi connectivity index (χ4n) is 0.699. The van der Waals surface area contributed by atoms with Crippen molar-refractivity contribution in [1.29, 1.82) is 0 Å². The largest absolute Gasteiger partial charge is 0.486 e. The highest BCUT2D eigenvalue weighted by Gasteiger charge is 2.02. The molecule has 0 N–H and O–H groups in total. The van der Waals surface area contributed by atoms with Crippen molar-refractivity contribution < 1.29 is 13.5 Å². The molecule has 0 radical (unpaired) electrons. The van der Waals surface area contributed by atoms with Gasteiger partial charge in [0.1, 0.15) is 12.4 Å². The van der Waals surface area contributed by atoms with Gasteiger partial charge < -0.3 is 4.74 Å². The number of alkyl halides is 2. The molecule has 2 nitrogen and oxygen atoms in total. The predicted octanol–water partition coefficient (Wildman–Crippen LogP) is 2.03. The number of hydrogen-bond donors (Lipinski definition) is 0. The van der Waals surface area contributed by atoms with E-state index in [1.54, 1.807) is 12.1 Å². The molecule has 0 atom stereocenters. The van der Waals surface area contributed by atoms with Crippen LogP contribution in [0.4, 0.5) is 8.78 Å². The molecule has 0 aliphatic heterocycles. The first kappa shape index (κ1) is 8.90. The normalized spacial score (nSPS) is 10.3. The summed E-state index contributed by atoms with van der Waals surface area (Å²) in [5, 5.41) is 0. The molecule has 0 saturated heterocycles. The van der Waals surface area contributed by atoms with Gasteiger partial charge in [0.05, 0.1) is 6.20 Å². The first-order valence-corrected chi connectivity index (χ1v) is 3.52. The van der Waals surface area contributed by atoms with Crippen molar-refractivity contribution in [3.05, 3.63) is 24.0 Å². The van der Waals surface area contributed by atoms with Gasteiger partial charge in [-0.3, -0.25) is 4.98 Å². The maximum Gasteiger partial charge on any atom is 0.272 e. The van der Waals surface area contributed by atoms with E-state index in [4.69, 9.17) is 4.74 Å². The quantitative estimate of drug-likeness (QED) is 0.697. The molecular weight excluding hydrogens is 164 g/mol. The maximum absolute atomic E-state index is 11.7. The predicted molar refractivity (Wildman–Crippen MR) is 40.5 cm³/mol. The summed E-state index contributed by atoms with van der Waals surface area (Å²) in [6.07, 6.45) is -1.01.